The second-order valence-electron chi connectivity index (χ2n) is 8.95. The smallest absolute Gasteiger partial charge is 0.307 e. The van der Waals surface area contributed by atoms with E-state index in [-0.39, 0.29) is 24.2 Å². The average molecular weight is 488 g/mol. The molecule has 0 unspecified atom stereocenters. The van der Waals surface area contributed by atoms with Crippen LogP contribution in [0.5, 0.6) is 0 Å². The standard InChI is InChI=1S/C29H42ClNO3/c1-4-5-8-18-28(34-23-25-14-9-6-10-15-25)21-27(22-29(32)33-3)31(20-13-19-30)24(2)26-16-11-7-12-17-26/h6-7,9-12,14-17,24,27-28H,4-5,8,13,18-23H2,1-3H3/t24-,27-,28+/m1/s1. The first-order chi connectivity index (χ1) is 16.6. The average Bonchev–Trinajstić information content (AvgIpc) is 2.88. The Morgan fingerprint density at radius 2 is 1.68 bits per heavy atom. The maximum atomic E-state index is 12.5. The van der Waals surface area contributed by atoms with Gasteiger partial charge in [-0.25, -0.2) is 0 Å². The third-order valence-corrected chi connectivity index (χ3v) is 6.69. The Morgan fingerprint density at radius 3 is 2.29 bits per heavy atom. The lowest BCUT2D eigenvalue weighted by molar-refractivity contribution is -0.142. The molecule has 188 valence electrons. The number of esters is 1. The van der Waals surface area contributed by atoms with Gasteiger partial charge >= 0.3 is 5.97 Å². The van der Waals surface area contributed by atoms with E-state index in [0.717, 1.165) is 32.2 Å². The highest BCUT2D eigenvalue weighted by molar-refractivity contribution is 6.17. The van der Waals surface area contributed by atoms with Crippen LogP contribution in [0, 0.1) is 0 Å². The molecule has 0 aliphatic rings. The first kappa shape index (κ1) is 28.4. The van der Waals surface area contributed by atoms with Gasteiger partial charge in [-0.05, 0) is 37.3 Å². The molecule has 3 atom stereocenters. The van der Waals surface area contributed by atoms with Crippen LogP contribution in [0.4, 0.5) is 0 Å². The zero-order valence-electron chi connectivity index (χ0n) is 21.1. The third kappa shape index (κ3) is 10.2. The van der Waals surface area contributed by atoms with Crippen LogP contribution in [-0.4, -0.2) is 42.5 Å². The van der Waals surface area contributed by atoms with E-state index in [1.165, 1.54) is 31.1 Å². The van der Waals surface area contributed by atoms with Gasteiger partial charge in [0.05, 0.1) is 26.2 Å². The summed E-state index contributed by atoms with van der Waals surface area (Å²) in [6, 6.07) is 20.9. The molecule has 2 aromatic rings. The summed E-state index contributed by atoms with van der Waals surface area (Å²) in [6.45, 7) is 5.83. The lowest BCUT2D eigenvalue weighted by Crippen LogP contribution is -2.42. The second kappa shape index (κ2) is 16.7. The Kier molecular flexibility index (Phi) is 13.9. The predicted octanol–water partition coefficient (Wildman–Crippen LogP) is 7.17. The van der Waals surface area contributed by atoms with Crippen LogP contribution in [0.2, 0.25) is 0 Å². The van der Waals surface area contributed by atoms with E-state index in [1.54, 1.807) is 0 Å². The highest BCUT2D eigenvalue weighted by Gasteiger charge is 2.29. The molecule has 0 aromatic heterocycles. The summed E-state index contributed by atoms with van der Waals surface area (Å²) in [6.07, 6.45) is 6.52. The Labute approximate surface area is 211 Å². The first-order valence-electron chi connectivity index (χ1n) is 12.7. The van der Waals surface area contributed by atoms with Crippen molar-refractivity contribution in [3.05, 3.63) is 71.8 Å². The number of nitrogens with zero attached hydrogens (tertiary/aromatic N) is 1. The molecule has 0 bridgehead atoms. The summed E-state index contributed by atoms with van der Waals surface area (Å²) in [5.74, 6) is 0.407. The molecule has 4 nitrogen and oxygen atoms in total. The number of carbonyl (C=O) groups excluding carboxylic acids is 1. The molecule has 0 saturated heterocycles. The third-order valence-electron chi connectivity index (χ3n) is 6.42. The van der Waals surface area contributed by atoms with Gasteiger partial charge in [-0.15, -0.1) is 11.6 Å². The van der Waals surface area contributed by atoms with Crippen molar-refractivity contribution in [3.8, 4) is 0 Å². The van der Waals surface area contributed by atoms with E-state index < -0.39 is 0 Å². The normalized spacial score (nSPS) is 14.0. The number of methoxy groups -OCH3 is 1. The highest BCUT2D eigenvalue weighted by Crippen LogP contribution is 2.28. The van der Waals surface area contributed by atoms with Gasteiger partial charge in [0.2, 0.25) is 0 Å². The van der Waals surface area contributed by atoms with E-state index >= 15 is 0 Å². The molecule has 0 saturated carbocycles. The molecular formula is C29H42ClNO3. The molecule has 5 heteroatoms. The molecule has 2 rings (SSSR count). The summed E-state index contributed by atoms with van der Waals surface area (Å²) in [7, 11) is 1.47. The molecule has 2 aromatic carbocycles. The summed E-state index contributed by atoms with van der Waals surface area (Å²) >= 11 is 6.10. The Morgan fingerprint density at radius 1 is 1.00 bits per heavy atom. The molecule has 34 heavy (non-hydrogen) atoms. The number of rotatable bonds is 17. The van der Waals surface area contributed by atoms with Crippen molar-refractivity contribution in [3.63, 3.8) is 0 Å². The molecule has 0 fully saturated rings. The number of hydrogen-bond acceptors (Lipinski definition) is 4. The monoisotopic (exact) mass is 487 g/mol. The minimum Gasteiger partial charge on any atom is -0.469 e. The topological polar surface area (TPSA) is 38.8 Å². The van der Waals surface area contributed by atoms with Crippen LogP contribution < -0.4 is 0 Å². The van der Waals surface area contributed by atoms with Crippen molar-refractivity contribution in [2.75, 3.05) is 19.5 Å². The zero-order chi connectivity index (χ0) is 24.6. The number of halogens is 1. The van der Waals surface area contributed by atoms with Gasteiger partial charge in [0.15, 0.2) is 0 Å². The number of alkyl halides is 1. The number of ether oxygens (including phenoxy) is 2. The molecule has 0 spiro atoms. The van der Waals surface area contributed by atoms with Gasteiger partial charge in [0.25, 0.3) is 0 Å². The summed E-state index contributed by atoms with van der Waals surface area (Å²) in [4.78, 5) is 14.9. The molecular weight excluding hydrogens is 446 g/mol. The van der Waals surface area contributed by atoms with Crippen LogP contribution in [0.15, 0.2) is 60.7 Å². The van der Waals surface area contributed by atoms with Gasteiger partial charge in [0, 0.05) is 24.5 Å². The van der Waals surface area contributed by atoms with Crippen molar-refractivity contribution >= 4 is 17.6 Å². The highest BCUT2D eigenvalue weighted by atomic mass is 35.5. The minimum absolute atomic E-state index is 0.00766. The molecule has 0 aliphatic heterocycles. The van der Waals surface area contributed by atoms with Gasteiger partial charge in [-0.3, -0.25) is 9.69 Å². The van der Waals surface area contributed by atoms with Crippen molar-refractivity contribution in [1.82, 2.24) is 4.90 Å². The van der Waals surface area contributed by atoms with Crippen molar-refractivity contribution in [2.45, 2.75) is 83.6 Å². The lowest BCUT2D eigenvalue weighted by atomic mass is 9.96. The fourth-order valence-electron chi connectivity index (χ4n) is 4.45. The van der Waals surface area contributed by atoms with E-state index in [2.05, 4.69) is 55.1 Å². The quantitative estimate of drug-likeness (QED) is 0.135. The first-order valence-corrected chi connectivity index (χ1v) is 13.2. The number of carbonyl (C=O) groups is 1. The van der Waals surface area contributed by atoms with E-state index in [9.17, 15) is 4.79 Å². The van der Waals surface area contributed by atoms with Gasteiger partial charge < -0.3 is 9.47 Å². The second-order valence-corrected chi connectivity index (χ2v) is 9.33. The summed E-state index contributed by atoms with van der Waals surface area (Å²) < 4.78 is 11.6. The van der Waals surface area contributed by atoms with E-state index in [4.69, 9.17) is 21.1 Å². The van der Waals surface area contributed by atoms with Gasteiger partial charge in [-0.2, -0.15) is 0 Å². The SMILES string of the molecule is CCCCC[C@@H](C[C@H](CC(=O)OC)N(CCCCl)[C@H](C)c1ccccc1)OCc1ccccc1. The van der Waals surface area contributed by atoms with Crippen molar-refractivity contribution in [1.29, 1.82) is 0 Å². The fraction of sp³-hybridized carbons (Fsp3) is 0.552. The van der Waals surface area contributed by atoms with Gasteiger partial charge in [0.1, 0.15) is 0 Å². The summed E-state index contributed by atoms with van der Waals surface area (Å²) in [5.41, 5.74) is 2.41. The zero-order valence-corrected chi connectivity index (χ0v) is 21.9. The van der Waals surface area contributed by atoms with E-state index in [1.807, 2.05) is 24.3 Å². The van der Waals surface area contributed by atoms with Crippen LogP contribution in [0.1, 0.15) is 76.0 Å². The minimum atomic E-state index is -0.184. The Hall–Kier alpha value is -1.88. The van der Waals surface area contributed by atoms with Crippen molar-refractivity contribution < 1.29 is 14.3 Å². The largest absolute Gasteiger partial charge is 0.469 e. The van der Waals surface area contributed by atoms with Crippen LogP contribution in [-0.2, 0) is 20.9 Å². The number of hydrogen-bond donors (Lipinski definition) is 0. The fourth-order valence-corrected chi connectivity index (χ4v) is 4.57. The van der Waals surface area contributed by atoms with Crippen molar-refractivity contribution in [2.24, 2.45) is 0 Å². The van der Waals surface area contributed by atoms with Crippen LogP contribution in [0.25, 0.3) is 0 Å². The van der Waals surface area contributed by atoms with Crippen LogP contribution >= 0.6 is 11.6 Å². The maximum Gasteiger partial charge on any atom is 0.307 e. The molecule has 0 heterocycles. The molecule has 0 aliphatic carbocycles. The number of unbranched alkanes of at least 4 members (excludes halogenated alkanes) is 2. The lowest BCUT2D eigenvalue weighted by Gasteiger charge is -2.38. The molecule has 0 radical (unpaired) electrons. The molecule has 0 amide bonds. The van der Waals surface area contributed by atoms with Gasteiger partial charge in [-0.1, -0.05) is 86.8 Å². The number of benzene rings is 2. The Bertz CT molecular complexity index is 786. The Balaban J connectivity index is 2.24. The molecule has 0 N–H and O–H groups in total. The maximum absolute atomic E-state index is 12.5. The van der Waals surface area contributed by atoms with Crippen LogP contribution in [0.3, 0.4) is 0 Å². The summed E-state index contributed by atoms with van der Waals surface area (Å²) in [5, 5.41) is 0. The van der Waals surface area contributed by atoms with E-state index in [0.29, 0.717) is 18.9 Å². The predicted molar refractivity (Wildman–Crippen MR) is 141 cm³/mol.